The molecule has 2 aromatic heterocycles. The highest BCUT2D eigenvalue weighted by atomic mass is 16.5. The number of hydrogen-bond donors (Lipinski definition) is 1. The average Bonchev–Trinajstić information content (AvgIpc) is 3.21. The minimum Gasteiger partial charge on any atom is -0.497 e. The summed E-state index contributed by atoms with van der Waals surface area (Å²) in [6.07, 6.45) is 2.49. The zero-order valence-corrected chi connectivity index (χ0v) is 16.1. The normalized spacial score (nSPS) is 12.1. The van der Waals surface area contributed by atoms with E-state index >= 15 is 0 Å². The molecular weight excluding hydrogens is 370 g/mol. The second-order valence-corrected chi connectivity index (χ2v) is 6.64. The van der Waals surface area contributed by atoms with E-state index in [1.807, 2.05) is 24.3 Å². The van der Waals surface area contributed by atoms with Crippen LogP contribution in [-0.4, -0.2) is 33.5 Å². The standard InChI is InChI=1S/C22H21N3O4/c1-28-17-7-3-5-15(11-17)19-13-20-22(27)24(9-10-25(20)23-19)14-21(26)16-6-4-8-18(12-16)29-2/h3-13,21,26H,14H2,1-2H3/t21-/m1/s1. The van der Waals surface area contributed by atoms with Crippen LogP contribution in [0, 0.1) is 0 Å². The van der Waals surface area contributed by atoms with E-state index < -0.39 is 6.10 Å². The maximum Gasteiger partial charge on any atom is 0.276 e. The van der Waals surface area contributed by atoms with Crippen molar-refractivity contribution in [3.05, 3.63) is 82.9 Å². The Balaban J connectivity index is 1.66. The van der Waals surface area contributed by atoms with E-state index in [-0.39, 0.29) is 12.1 Å². The molecule has 0 bridgehead atoms. The van der Waals surface area contributed by atoms with E-state index in [4.69, 9.17) is 9.47 Å². The van der Waals surface area contributed by atoms with Gasteiger partial charge < -0.3 is 19.1 Å². The number of aliphatic hydroxyl groups is 1. The lowest BCUT2D eigenvalue weighted by molar-refractivity contribution is 0.155. The van der Waals surface area contributed by atoms with Crippen LogP contribution in [0.3, 0.4) is 0 Å². The summed E-state index contributed by atoms with van der Waals surface area (Å²) in [5.74, 6) is 1.38. The summed E-state index contributed by atoms with van der Waals surface area (Å²) in [5, 5.41) is 15.1. The molecule has 29 heavy (non-hydrogen) atoms. The first-order chi connectivity index (χ1) is 14.1. The van der Waals surface area contributed by atoms with Crippen LogP contribution in [0.15, 0.2) is 71.8 Å². The molecule has 2 heterocycles. The molecule has 0 fully saturated rings. The van der Waals surface area contributed by atoms with Crippen LogP contribution >= 0.6 is 0 Å². The van der Waals surface area contributed by atoms with Gasteiger partial charge in [0.05, 0.1) is 32.6 Å². The molecule has 4 aromatic rings. The number of rotatable bonds is 6. The SMILES string of the molecule is COc1cccc(-c2cc3c(=O)n(C[C@@H](O)c4cccc(OC)c4)ccn3n2)c1. The molecule has 0 amide bonds. The molecule has 0 aliphatic rings. The maximum atomic E-state index is 12.9. The lowest BCUT2D eigenvalue weighted by Crippen LogP contribution is -2.24. The molecule has 7 nitrogen and oxygen atoms in total. The number of benzene rings is 2. The number of aliphatic hydroxyl groups excluding tert-OH is 1. The van der Waals surface area contributed by atoms with Gasteiger partial charge in [-0.25, -0.2) is 4.52 Å². The molecule has 7 heteroatoms. The fourth-order valence-corrected chi connectivity index (χ4v) is 3.23. The molecule has 1 atom stereocenters. The zero-order chi connectivity index (χ0) is 20.4. The van der Waals surface area contributed by atoms with Gasteiger partial charge in [0.2, 0.25) is 0 Å². The summed E-state index contributed by atoms with van der Waals surface area (Å²) in [5.41, 5.74) is 2.42. The van der Waals surface area contributed by atoms with Gasteiger partial charge in [-0.3, -0.25) is 4.79 Å². The van der Waals surface area contributed by atoms with Crippen LogP contribution in [0.2, 0.25) is 0 Å². The van der Waals surface area contributed by atoms with Gasteiger partial charge in [-0.15, -0.1) is 0 Å². The minimum atomic E-state index is -0.842. The molecule has 0 aliphatic carbocycles. The average molecular weight is 391 g/mol. The van der Waals surface area contributed by atoms with E-state index in [0.717, 1.165) is 11.3 Å². The molecule has 0 aliphatic heterocycles. The monoisotopic (exact) mass is 391 g/mol. The molecule has 1 N–H and O–H groups in total. The molecule has 2 aromatic carbocycles. The predicted octanol–water partition coefficient (Wildman–Crippen LogP) is 2.91. The van der Waals surface area contributed by atoms with Gasteiger partial charge in [0.25, 0.3) is 5.56 Å². The van der Waals surface area contributed by atoms with Crippen molar-refractivity contribution in [1.29, 1.82) is 0 Å². The van der Waals surface area contributed by atoms with Crippen LogP contribution < -0.4 is 15.0 Å². The maximum absolute atomic E-state index is 12.9. The van der Waals surface area contributed by atoms with Gasteiger partial charge >= 0.3 is 0 Å². The smallest absolute Gasteiger partial charge is 0.276 e. The first-order valence-corrected chi connectivity index (χ1v) is 9.14. The Morgan fingerprint density at radius 1 is 1.00 bits per heavy atom. The van der Waals surface area contributed by atoms with E-state index in [0.29, 0.717) is 22.5 Å². The zero-order valence-electron chi connectivity index (χ0n) is 16.1. The van der Waals surface area contributed by atoms with E-state index in [9.17, 15) is 9.90 Å². The number of aromatic nitrogens is 3. The molecule has 148 valence electrons. The predicted molar refractivity (Wildman–Crippen MR) is 109 cm³/mol. The molecule has 0 saturated heterocycles. The summed E-state index contributed by atoms with van der Waals surface area (Å²) in [6.45, 7) is 0.127. The van der Waals surface area contributed by atoms with Crippen LogP contribution in [0.4, 0.5) is 0 Å². The summed E-state index contributed by atoms with van der Waals surface area (Å²) in [4.78, 5) is 12.9. The number of methoxy groups -OCH3 is 2. The Hall–Kier alpha value is -3.58. The van der Waals surface area contributed by atoms with Gasteiger partial charge in [0, 0.05) is 18.0 Å². The van der Waals surface area contributed by atoms with Crippen LogP contribution in [0.1, 0.15) is 11.7 Å². The van der Waals surface area contributed by atoms with Crippen molar-refractivity contribution in [3.63, 3.8) is 0 Å². The van der Waals surface area contributed by atoms with E-state index in [1.165, 1.54) is 4.57 Å². The van der Waals surface area contributed by atoms with Crippen molar-refractivity contribution in [1.82, 2.24) is 14.2 Å². The van der Waals surface area contributed by atoms with Gasteiger partial charge in [-0.2, -0.15) is 5.10 Å². The quantitative estimate of drug-likeness (QED) is 0.547. The minimum absolute atomic E-state index is 0.127. The number of fused-ring (bicyclic) bond motifs is 1. The molecular formula is C22H21N3O4. The van der Waals surface area contributed by atoms with Crippen LogP contribution in [-0.2, 0) is 6.54 Å². The van der Waals surface area contributed by atoms with Crippen molar-refractivity contribution < 1.29 is 14.6 Å². The van der Waals surface area contributed by atoms with Gasteiger partial charge in [0.1, 0.15) is 17.0 Å². The highest BCUT2D eigenvalue weighted by Crippen LogP contribution is 2.23. The van der Waals surface area contributed by atoms with Crippen molar-refractivity contribution in [2.45, 2.75) is 12.6 Å². The van der Waals surface area contributed by atoms with Crippen molar-refractivity contribution in [2.75, 3.05) is 14.2 Å². The fourth-order valence-electron chi connectivity index (χ4n) is 3.23. The highest BCUT2D eigenvalue weighted by Gasteiger charge is 2.14. The summed E-state index contributed by atoms with van der Waals surface area (Å²) < 4.78 is 13.5. The summed E-state index contributed by atoms with van der Waals surface area (Å²) in [6, 6.07) is 16.4. The summed E-state index contributed by atoms with van der Waals surface area (Å²) >= 11 is 0. The molecule has 0 radical (unpaired) electrons. The van der Waals surface area contributed by atoms with Crippen molar-refractivity contribution >= 4 is 5.52 Å². The van der Waals surface area contributed by atoms with Crippen molar-refractivity contribution in [2.24, 2.45) is 0 Å². The van der Waals surface area contributed by atoms with Gasteiger partial charge in [0.15, 0.2) is 0 Å². The third-order valence-electron chi connectivity index (χ3n) is 4.82. The second kappa shape index (κ2) is 7.81. The molecule has 0 unspecified atom stereocenters. The Morgan fingerprint density at radius 2 is 1.72 bits per heavy atom. The van der Waals surface area contributed by atoms with Gasteiger partial charge in [-0.05, 0) is 35.9 Å². The molecule has 0 saturated carbocycles. The van der Waals surface area contributed by atoms with E-state index in [1.54, 1.807) is 61.5 Å². The number of nitrogens with zero attached hydrogens (tertiary/aromatic N) is 3. The third-order valence-corrected chi connectivity index (χ3v) is 4.82. The Morgan fingerprint density at radius 3 is 2.48 bits per heavy atom. The topological polar surface area (TPSA) is 78.0 Å². The number of hydrogen-bond acceptors (Lipinski definition) is 5. The summed E-state index contributed by atoms with van der Waals surface area (Å²) in [7, 11) is 3.18. The Bertz CT molecular complexity index is 1210. The fraction of sp³-hybridized carbons (Fsp3) is 0.182. The largest absolute Gasteiger partial charge is 0.497 e. The van der Waals surface area contributed by atoms with Crippen molar-refractivity contribution in [3.8, 4) is 22.8 Å². The lowest BCUT2D eigenvalue weighted by Gasteiger charge is -2.14. The Labute approximate surface area is 167 Å². The van der Waals surface area contributed by atoms with Crippen LogP contribution in [0.25, 0.3) is 16.8 Å². The number of ether oxygens (including phenoxy) is 2. The Kier molecular flexibility index (Phi) is 5.05. The van der Waals surface area contributed by atoms with Gasteiger partial charge in [-0.1, -0.05) is 24.3 Å². The van der Waals surface area contributed by atoms with E-state index in [2.05, 4.69) is 5.10 Å². The lowest BCUT2D eigenvalue weighted by atomic mass is 10.1. The third kappa shape index (κ3) is 3.72. The molecule has 0 spiro atoms. The molecule has 4 rings (SSSR count). The first kappa shape index (κ1) is 18.8. The first-order valence-electron chi connectivity index (χ1n) is 9.14. The highest BCUT2D eigenvalue weighted by molar-refractivity contribution is 5.66. The van der Waals surface area contributed by atoms with Crippen LogP contribution in [0.5, 0.6) is 11.5 Å². The second-order valence-electron chi connectivity index (χ2n) is 6.64.